The quantitative estimate of drug-likeness (QED) is 0.858. The molecule has 1 atom stereocenters. The highest BCUT2D eigenvalue weighted by atomic mass is 79.9. The van der Waals surface area contributed by atoms with E-state index in [9.17, 15) is 0 Å². The molecule has 1 unspecified atom stereocenters. The van der Waals surface area contributed by atoms with Gasteiger partial charge in [0.15, 0.2) is 0 Å². The lowest BCUT2D eigenvalue weighted by Gasteiger charge is -2.25. The van der Waals surface area contributed by atoms with Crippen molar-refractivity contribution < 1.29 is 4.74 Å². The minimum Gasteiger partial charge on any atom is -0.376 e. The van der Waals surface area contributed by atoms with Crippen LogP contribution in [0.4, 0.5) is 5.82 Å². The third-order valence-electron chi connectivity index (χ3n) is 3.71. The van der Waals surface area contributed by atoms with Crippen LogP contribution in [0.25, 0.3) is 10.9 Å². The van der Waals surface area contributed by atoms with Gasteiger partial charge in [-0.05, 0) is 38.0 Å². The molecule has 4 nitrogen and oxygen atoms in total. The fourth-order valence-electron chi connectivity index (χ4n) is 2.67. The molecule has 0 bridgehead atoms. The molecule has 0 aliphatic carbocycles. The topological polar surface area (TPSA) is 38.2 Å². The molecule has 0 spiro atoms. The van der Waals surface area contributed by atoms with Crippen LogP contribution in [0, 0.1) is 0 Å². The number of nitrogens with zero attached hydrogens (tertiary/aromatic N) is 3. The smallest absolute Gasteiger partial charge is 0.139 e. The highest BCUT2D eigenvalue weighted by molar-refractivity contribution is 9.10. The van der Waals surface area contributed by atoms with E-state index in [2.05, 4.69) is 43.8 Å². The van der Waals surface area contributed by atoms with E-state index in [1.807, 2.05) is 12.1 Å². The lowest BCUT2D eigenvalue weighted by atomic mass is 10.2. The van der Waals surface area contributed by atoms with Crippen LogP contribution < -0.4 is 4.90 Å². The van der Waals surface area contributed by atoms with Crippen molar-refractivity contribution in [3.63, 3.8) is 0 Å². The molecule has 20 heavy (non-hydrogen) atoms. The molecule has 1 aliphatic rings. The van der Waals surface area contributed by atoms with Crippen molar-refractivity contribution in [1.82, 2.24) is 9.97 Å². The molecular weight excluding hydrogens is 318 g/mol. The Morgan fingerprint density at radius 2 is 2.30 bits per heavy atom. The summed E-state index contributed by atoms with van der Waals surface area (Å²) in [6.45, 7) is 4.85. The van der Waals surface area contributed by atoms with Crippen LogP contribution in [0.5, 0.6) is 0 Å². The first-order chi connectivity index (χ1) is 9.78. The number of rotatable bonds is 4. The second kappa shape index (κ2) is 6.06. The molecule has 1 fully saturated rings. The number of benzene rings is 1. The predicted octanol–water partition coefficient (Wildman–Crippen LogP) is 3.40. The Bertz CT molecular complexity index is 599. The van der Waals surface area contributed by atoms with Crippen LogP contribution in [0.2, 0.25) is 0 Å². The molecule has 0 radical (unpaired) electrons. The minimum absolute atomic E-state index is 0.326. The van der Waals surface area contributed by atoms with Crippen LogP contribution in [-0.2, 0) is 4.74 Å². The number of fused-ring (bicyclic) bond motifs is 1. The van der Waals surface area contributed by atoms with Crippen LogP contribution in [0.15, 0.2) is 29.0 Å². The van der Waals surface area contributed by atoms with E-state index < -0.39 is 0 Å². The zero-order chi connectivity index (χ0) is 13.9. The van der Waals surface area contributed by atoms with Gasteiger partial charge in [-0.2, -0.15) is 0 Å². The number of anilines is 1. The van der Waals surface area contributed by atoms with Gasteiger partial charge < -0.3 is 9.64 Å². The molecular formula is C15H18BrN3O. The van der Waals surface area contributed by atoms with E-state index in [1.165, 1.54) is 0 Å². The first-order valence-electron chi connectivity index (χ1n) is 7.04. The van der Waals surface area contributed by atoms with Gasteiger partial charge in [0.25, 0.3) is 0 Å². The second-order valence-electron chi connectivity index (χ2n) is 5.03. The molecule has 2 aromatic rings. The molecule has 1 aliphatic heterocycles. The van der Waals surface area contributed by atoms with Gasteiger partial charge in [-0.15, -0.1) is 0 Å². The van der Waals surface area contributed by atoms with Crippen molar-refractivity contribution in [1.29, 1.82) is 0 Å². The van der Waals surface area contributed by atoms with Crippen molar-refractivity contribution in [2.45, 2.75) is 25.9 Å². The monoisotopic (exact) mass is 335 g/mol. The summed E-state index contributed by atoms with van der Waals surface area (Å²) in [7, 11) is 0. The molecule has 1 aromatic heterocycles. The van der Waals surface area contributed by atoms with Gasteiger partial charge in [-0.3, -0.25) is 0 Å². The van der Waals surface area contributed by atoms with Crippen LogP contribution in [0.1, 0.15) is 19.8 Å². The van der Waals surface area contributed by atoms with Crippen molar-refractivity contribution in [2.75, 3.05) is 24.6 Å². The zero-order valence-corrected chi connectivity index (χ0v) is 13.1. The van der Waals surface area contributed by atoms with Gasteiger partial charge in [0.05, 0.1) is 11.6 Å². The summed E-state index contributed by atoms with van der Waals surface area (Å²) in [5.41, 5.74) is 0.976. The Kier molecular flexibility index (Phi) is 4.17. The first-order valence-corrected chi connectivity index (χ1v) is 7.84. The maximum Gasteiger partial charge on any atom is 0.139 e. The SMILES string of the molecule is CCN(CC1CCCO1)c1ncnc2ccc(Br)cc12. The summed E-state index contributed by atoms with van der Waals surface area (Å²) in [5.74, 6) is 0.995. The second-order valence-corrected chi connectivity index (χ2v) is 5.95. The van der Waals surface area contributed by atoms with Gasteiger partial charge in [-0.25, -0.2) is 9.97 Å². The average molecular weight is 336 g/mol. The van der Waals surface area contributed by atoms with Crippen LogP contribution >= 0.6 is 15.9 Å². The third kappa shape index (κ3) is 2.79. The van der Waals surface area contributed by atoms with E-state index in [-0.39, 0.29) is 0 Å². The van der Waals surface area contributed by atoms with Crippen LogP contribution in [0.3, 0.4) is 0 Å². The van der Waals surface area contributed by atoms with Gasteiger partial charge in [0.2, 0.25) is 0 Å². The number of ether oxygens (including phenoxy) is 1. The Balaban J connectivity index is 1.95. The molecule has 2 heterocycles. The maximum absolute atomic E-state index is 5.75. The van der Waals surface area contributed by atoms with Crippen molar-refractivity contribution in [2.24, 2.45) is 0 Å². The Hall–Kier alpha value is -1.20. The molecule has 3 rings (SSSR count). The number of likely N-dealkylation sites (N-methyl/N-ethyl adjacent to an activating group) is 1. The minimum atomic E-state index is 0.326. The van der Waals surface area contributed by atoms with Crippen LogP contribution in [-0.4, -0.2) is 35.8 Å². The zero-order valence-electron chi connectivity index (χ0n) is 11.6. The van der Waals surface area contributed by atoms with E-state index in [0.29, 0.717) is 6.10 Å². The summed E-state index contributed by atoms with van der Waals surface area (Å²) in [6.07, 6.45) is 4.28. The number of hydrogen-bond donors (Lipinski definition) is 0. The van der Waals surface area contributed by atoms with Crippen molar-refractivity contribution in [3.05, 3.63) is 29.0 Å². The fraction of sp³-hybridized carbons (Fsp3) is 0.467. The molecule has 106 valence electrons. The van der Waals surface area contributed by atoms with E-state index in [4.69, 9.17) is 4.74 Å². The molecule has 0 N–H and O–H groups in total. The standard InChI is InChI=1S/C15H18BrN3O/c1-2-19(9-12-4-3-7-20-12)15-13-8-11(16)5-6-14(13)17-10-18-15/h5-6,8,10,12H,2-4,7,9H2,1H3. The van der Waals surface area contributed by atoms with Gasteiger partial charge >= 0.3 is 0 Å². The Labute approximate surface area is 127 Å². The highest BCUT2D eigenvalue weighted by Gasteiger charge is 2.20. The summed E-state index contributed by atoms with van der Waals surface area (Å²) in [5, 5.41) is 1.08. The molecule has 0 saturated carbocycles. The van der Waals surface area contributed by atoms with E-state index in [1.54, 1.807) is 6.33 Å². The molecule has 0 amide bonds. The molecule has 1 saturated heterocycles. The largest absolute Gasteiger partial charge is 0.376 e. The molecule has 5 heteroatoms. The normalized spacial score (nSPS) is 18.6. The number of halogens is 1. The third-order valence-corrected chi connectivity index (χ3v) is 4.20. The number of aromatic nitrogens is 2. The lowest BCUT2D eigenvalue weighted by molar-refractivity contribution is 0.115. The predicted molar refractivity (Wildman–Crippen MR) is 84.1 cm³/mol. The van der Waals surface area contributed by atoms with E-state index in [0.717, 1.165) is 53.7 Å². The summed E-state index contributed by atoms with van der Waals surface area (Å²) in [6, 6.07) is 6.11. The van der Waals surface area contributed by atoms with Gasteiger partial charge in [0, 0.05) is 29.6 Å². The van der Waals surface area contributed by atoms with E-state index >= 15 is 0 Å². The van der Waals surface area contributed by atoms with Gasteiger partial charge in [-0.1, -0.05) is 15.9 Å². The van der Waals surface area contributed by atoms with Crippen molar-refractivity contribution >= 4 is 32.7 Å². The number of hydrogen-bond acceptors (Lipinski definition) is 4. The van der Waals surface area contributed by atoms with Gasteiger partial charge in [0.1, 0.15) is 12.1 Å². The lowest BCUT2D eigenvalue weighted by Crippen LogP contribution is -2.32. The Morgan fingerprint density at radius 1 is 1.40 bits per heavy atom. The fourth-order valence-corrected chi connectivity index (χ4v) is 3.03. The average Bonchev–Trinajstić information content (AvgIpc) is 2.97. The first kappa shape index (κ1) is 13.8. The summed E-state index contributed by atoms with van der Waals surface area (Å²) in [4.78, 5) is 11.1. The molecule has 1 aromatic carbocycles. The maximum atomic E-state index is 5.75. The van der Waals surface area contributed by atoms with Crippen molar-refractivity contribution in [3.8, 4) is 0 Å². The highest BCUT2D eigenvalue weighted by Crippen LogP contribution is 2.27. The Morgan fingerprint density at radius 3 is 3.05 bits per heavy atom. The summed E-state index contributed by atoms with van der Waals surface area (Å²) < 4.78 is 6.80. The summed E-state index contributed by atoms with van der Waals surface area (Å²) >= 11 is 3.53.